The van der Waals surface area contributed by atoms with Crippen molar-refractivity contribution < 1.29 is 21.2 Å². The highest BCUT2D eigenvalue weighted by atomic mass is 79.9. The number of nitriles is 1. The molecule has 0 unspecified atom stereocenters. The van der Waals surface area contributed by atoms with Crippen LogP contribution in [0.5, 0.6) is 0 Å². The molecular formula is C79H87BrN32O4S3. The molecule has 612 valence electrons. The summed E-state index contributed by atoms with van der Waals surface area (Å²) in [6, 6.07) is 18.6. The number of aromatic carboxylic acids is 1. The Morgan fingerprint density at radius 3 is 1.25 bits per heavy atom. The van der Waals surface area contributed by atoms with Gasteiger partial charge >= 0.3 is 5.97 Å². The first-order chi connectivity index (χ1) is 57.9. The summed E-state index contributed by atoms with van der Waals surface area (Å²) in [5, 5.41) is 79.1. The number of nitrogens with one attached hydrogen (secondary N) is 11. The molecule has 12 aromatic heterocycles. The topological polar surface area (TPSA) is 479 Å². The standard InChI is InChI=1S/C17H21N7.C16H19N7.C16H18N6.C15H11BrN6S.C15H14N6O4S2.2H2/c1-3-12-11-18-17(24-8-6-23(2)7-9-24)20-16(12)19-15-10-14(21-22-15)13-4-5-13;1-2-11-10-18-16(23-7-5-17-6-8-23)20-15(11)19-14-9-13(21-22-14)12-3-4-12;1-2-11-10-17-16(22-7-3-4-8-22)19-15(11)18-14-9-13(20-21-14)12-5-6-12;16-10-7-18-15(12-4-3-9(6-17)23-12)20-14(10)19-13-5-11(21-22-13)8-1-2-8;16-27(24,25)12-4-3-10(26-12)14-17-6-8(15(22)23)13(19-14)18-11-5-9(20-21-11)7-1-2-7;;/h1,10-11,13H,4-9H2,2H3,(H2,18,19,20,21,22);1,9-10,12,17H,3-8H2,(H2,18,19,20,21,22);1,9-10,12H,3-8H2,(H2,17,18,19,20,21);3-5,7-8H,1-2H2,(H2,18,19,20,21,22);3-7H,1-2H2,(H,22,23)(H2,16,24,25)(H2,17,18,19,20,21);2*1H. The lowest BCUT2D eigenvalue weighted by Gasteiger charge is -2.32. The fourth-order valence-corrected chi connectivity index (χ4v) is 15.7. The van der Waals surface area contributed by atoms with E-state index in [1.807, 2.05) is 36.4 Å². The van der Waals surface area contributed by atoms with Crippen molar-refractivity contribution in [3.63, 3.8) is 0 Å². The number of nitrogens with zero attached hydrogens (tertiary/aromatic N) is 20. The fraction of sp³-hybridized carbons (Fsp3) is 0.354. The number of piperazine rings is 2. The highest BCUT2D eigenvalue weighted by Gasteiger charge is 2.31. The molecule has 5 aliphatic carbocycles. The van der Waals surface area contributed by atoms with Gasteiger partial charge < -0.3 is 56.6 Å². The molecule has 8 fully saturated rings. The summed E-state index contributed by atoms with van der Waals surface area (Å²) >= 11 is 5.73. The summed E-state index contributed by atoms with van der Waals surface area (Å²) in [6.07, 6.45) is 39.1. The number of aromatic nitrogens is 20. The summed E-state index contributed by atoms with van der Waals surface area (Å²) < 4.78 is 23.6. The second kappa shape index (κ2) is 36.0. The van der Waals surface area contributed by atoms with Crippen molar-refractivity contribution in [2.45, 2.75) is 111 Å². The number of likely N-dealkylation sites (N-methyl/N-ethyl adjacent to an activating group) is 1. The molecule has 0 aromatic carbocycles. The van der Waals surface area contributed by atoms with Gasteiger partial charge in [0.05, 0.1) is 49.5 Å². The Bertz CT molecular complexity index is 5940. The van der Waals surface area contributed by atoms with Gasteiger partial charge in [-0.05, 0) is 124 Å². The lowest BCUT2D eigenvalue weighted by Crippen LogP contribution is -2.45. The van der Waals surface area contributed by atoms with Crippen LogP contribution < -0.4 is 51.7 Å². The highest BCUT2D eigenvalue weighted by Crippen LogP contribution is 2.44. The molecule has 36 nitrogen and oxygen atoms in total. The number of thiophene rings is 2. The minimum Gasteiger partial charge on any atom is -0.477 e. The number of carboxylic acids is 1. The van der Waals surface area contributed by atoms with E-state index in [-0.39, 0.29) is 24.3 Å². The van der Waals surface area contributed by atoms with Crippen LogP contribution in [0.15, 0.2) is 94.3 Å². The number of carboxylic acid groups (broad SMARTS) is 1. The third-order valence-corrected chi connectivity index (χ3v) is 24.5. The molecule has 3 aliphatic heterocycles. The van der Waals surface area contributed by atoms with Gasteiger partial charge in [-0.25, -0.2) is 53.2 Å². The summed E-state index contributed by atoms with van der Waals surface area (Å²) in [6.45, 7) is 9.51. The first-order valence-electron chi connectivity index (χ1n) is 39.0. The molecule has 0 radical (unpaired) electrons. The Kier molecular flexibility index (Phi) is 24.2. The summed E-state index contributed by atoms with van der Waals surface area (Å²) in [7, 11) is -1.70. The van der Waals surface area contributed by atoms with Crippen LogP contribution in [0.25, 0.3) is 21.4 Å². The first kappa shape index (κ1) is 80.0. The molecule has 20 rings (SSSR count). The minimum absolute atomic E-state index is 0. The van der Waals surface area contributed by atoms with Crippen LogP contribution in [0.4, 0.5) is 76.0 Å². The molecule has 119 heavy (non-hydrogen) atoms. The molecule has 0 atom stereocenters. The van der Waals surface area contributed by atoms with Crippen molar-refractivity contribution >= 4 is 131 Å². The van der Waals surface area contributed by atoms with Crippen molar-refractivity contribution in [2.24, 2.45) is 5.14 Å². The first-order valence-corrected chi connectivity index (χ1v) is 42.9. The van der Waals surface area contributed by atoms with Crippen LogP contribution in [0.3, 0.4) is 0 Å². The lowest BCUT2D eigenvalue weighted by molar-refractivity contribution is 0.0697. The maximum absolute atomic E-state index is 11.5. The van der Waals surface area contributed by atoms with Gasteiger partial charge in [-0.3, -0.25) is 25.5 Å². The van der Waals surface area contributed by atoms with Gasteiger partial charge in [0.2, 0.25) is 27.9 Å². The van der Waals surface area contributed by atoms with Gasteiger partial charge in [0.1, 0.15) is 32.4 Å². The minimum atomic E-state index is -3.83. The van der Waals surface area contributed by atoms with E-state index in [1.165, 1.54) is 105 Å². The number of sulfonamides is 1. The number of primary sulfonamides is 1. The van der Waals surface area contributed by atoms with Gasteiger partial charge in [0.25, 0.3) is 0 Å². The van der Waals surface area contributed by atoms with Crippen LogP contribution in [0, 0.1) is 48.4 Å². The van der Waals surface area contributed by atoms with Gasteiger partial charge in [0, 0.05) is 169 Å². The number of H-pyrrole nitrogens is 5. The van der Waals surface area contributed by atoms with Gasteiger partial charge in [-0.15, -0.1) is 41.9 Å². The van der Waals surface area contributed by atoms with Crippen LogP contribution in [0.1, 0.15) is 170 Å². The van der Waals surface area contributed by atoms with Gasteiger partial charge in [-0.2, -0.15) is 45.7 Å². The monoisotopic (exact) mass is 1720 g/mol. The fourth-order valence-electron chi connectivity index (χ4n) is 13.0. The zero-order valence-electron chi connectivity index (χ0n) is 64.6. The van der Waals surface area contributed by atoms with Crippen LogP contribution in [-0.4, -0.2) is 198 Å². The molecule has 8 aliphatic rings. The number of aromatic amines is 5. The van der Waals surface area contributed by atoms with E-state index < -0.39 is 16.0 Å². The number of halogens is 1. The Balaban J connectivity index is 0.000000123. The second-order valence-corrected chi connectivity index (χ2v) is 34.4. The summed E-state index contributed by atoms with van der Waals surface area (Å²) in [5.74, 6) is 18.7. The molecule has 40 heteroatoms. The average molecular weight is 1720 g/mol. The predicted molar refractivity (Wildman–Crippen MR) is 461 cm³/mol. The largest absolute Gasteiger partial charge is 0.477 e. The third-order valence-electron chi connectivity index (χ3n) is 20.5. The molecule has 15 heterocycles. The smallest absolute Gasteiger partial charge is 0.341 e. The van der Waals surface area contributed by atoms with Crippen molar-refractivity contribution in [3.8, 4) is 64.5 Å². The number of hydrogen-bond donors (Lipinski definition) is 13. The maximum Gasteiger partial charge on any atom is 0.341 e. The van der Waals surface area contributed by atoms with E-state index in [1.54, 1.807) is 30.9 Å². The van der Waals surface area contributed by atoms with Crippen molar-refractivity contribution in [1.82, 2.24) is 111 Å². The highest BCUT2D eigenvalue weighted by molar-refractivity contribution is 9.10. The van der Waals surface area contributed by atoms with Crippen molar-refractivity contribution in [2.75, 3.05) is 114 Å². The number of terminal acetylenes is 3. The molecule has 12 aromatic rings. The number of hydrogen-bond acceptors (Lipinski definition) is 31. The van der Waals surface area contributed by atoms with E-state index in [9.17, 15) is 18.3 Å². The van der Waals surface area contributed by atoms with E-state index >= 15 is 0 Å². The number of rotatable bonds is 22. The predicted octanol–water partition coefficient (Wildman–Crippen LogP) is 11.7. The molecular weight excluding hydrogens is 1640 g/mol. The number of anilines is 13. The summed E-state index contributed by atoms with van der Waals surface area (Å²) in [4.78, 5) is 66.4. The normalized spacial score (nSPS) is 16.3. The molecule has 5 saturated carbocycles. The van der Waals surface area contributed by atoms with E-state index in [4.69, 9.17) is 29.7 Å². The number of nitrogens with two attached hydrogens (primary N) is 1. The van der Waals surface area contributed by atoms with E-state index in [2.05, 4.69) is 199 Å². The Labute approximate surface area is 703 Å². The second-order valence-electron chi connectivity index (χ2n) is 29.6. The molecule has 0 bridgehead atoms. The lowest BCUT2D eigenvalue weighted by atomic mass is 10.3. The molecule has 0 spiro atoms. The van der Waals surface area contributed by atoms with Crippen molar-refractivity contribution in [1.29, 1.82) is 5.26 Å². The van der Waals surface area contributed by atoms with E-state index in [0.29, 0.717) is 103 Å². The molecule has 0 amide bonds. The zero-order chi connectivity index (χ0) is 82.1. The number of carbonyl (C=O) groups is 1. The quantitative estimate of drug-likeness (QED) is 0.0280. The van der Waals surface area contributed by atoms with Gasteiger partial charge in [0.15, 0.2) is 58.2 Å². The average Bonchev–Trinajstić information content (AvgIpc) is 1.71. The van der Waals surface area contributed by atoms with Crippen LogP contribution >= 0.6 is 38.6 Å². The van der Waals surface area contributed by atoms with E-state index in [0.717, 1.165) is 146 Å². The Morgan fingerprint density at radius 1 is 0.504 bits per heavy atom. The third kappa shape index (κ3) is 20.6. The maximum atomic E-state index is 11.5. The SMILES string of the molecule is C#Cc1cnc(N2CCCC2)nc1Nc1cc(C2CC2)[nH]n1.C#Cc1cnc(N2CCN(C)CC2)nc1Nc1cc(C2CC2)[nH]n1.C#Cc1cnc(N2CCNCC2)nc1Nc1cc(C2CC2)[nH]n1.N#Cc1ccc(-c2ncc(Br)c(Nc3cc(C4CC4)[nH]n3)n2)s1.NS(=O)(=O)c1ccc(-c2ncc(C(=O)O)c(Nc3cc(C4CC4)[nH]n3)n2)s1.[HH].[HH]. The van der Waals surface area contributed by atoms with Crippen LogP contribution in [0.2, 0.25) is 0 Å². The van der Waals surface area contributed by atoms with Crippen molar-refractivity contribution in [3.05, 3.63) is 146 Å². The molecule has 3 saturated heterocycles. The Hall–Kier alpha value is -12.8. The van der Waals surface area contributed by atoms with Crippen LogP contribution in [-0.2, 0) is 10.0 Å². The molecule has 14 N–H and O–H groups in total. The Morgan fingerprint density at radius 2 is 0.874 bits per heavy atom. The van der Waals surface area contributed by atoms with Gasteiger partial charge in [-0.1, -0.05) is 17.8 Å². The zero-order valence-corrected chi connectivity index (χ0v) is 68.6. The summed E-state index contributed by atoms with van der Waals surface area (Å²) in [5.41, 5.74) is 7.48.